The van der Waals surface area contributed by atoms with Crippen LogP contribution < -0.4 is 0 Å². The van der Waals surface area contributed by atoms with E-state index in [0.29, 0.717) is 18.9 Å². The van der Waals surface area contributed by atoms with Gasteiger partial charge in [0.2, 0.25) is 0 Å². The predicted octanol–water partition coefficient (Wildman–Crippen LogP) is 4.08. The average Bonchev–Trinajstić information content (AvgIpc) is 3.27. The largest absolute Gasteiger partial charge is 0.464 e. The molecule has 1 saturated carbocycles. The molecule has 2 atom stereocenters. The molecular formula is C20H27NO4. The van der Waals surface area contributed by atoms with E-state index in [2.05, 4.69) is 0 Å². The molecular weight excluding hydrogens is 318 g/mol. The lowest BCUT2D eigenvalue weighted by atomic mass is 10.1. The van der Waals surface area contributed by atoms with Crippen LogP contribution in [0.3, 0.4) is 0 Å². The Morgan fingerprint density at radius 1 is 1.08 bits per heavy atom. The number of esters is 1. The second kappa shape index (κ2) is 7.06. The Labute approximate surface area is 149 Å². The molecule has 0 spiro atoms. The number of carbonyl (C=O) groups is 2. The minimum Gasteiger partial charge on any atom is -0.464 e. The third kappa shape index (κ3) is 4.53. The van der Waals surface area contributed by atoms with Crippen molar-refractivity contribution < 1.29 is 19.1 Å². The summed E-state index contributed by atoms with van der Waals surface area (Å²) in [6, 6.07) is 9.08. The lowest BCUT2D eigenvalue weighted by Crippen LogP contribution is -2.45. The topological polar surface area (TPSA) is 55.8 Å². The maximum absolute atomic E-state index is 12.8. The van der Waals surface area contributed by atoms with Gasteiger partial charge < -0.3 is 9.47 Å². The van der Waals surface area contributed by atoms with Crippen LogP contribution in [0.5, 0.6) is 0 Å². The zero-order valence-corrected chi connectivity index (χ0v) is 15.2. The molecule has 1 amide bonds. The monoisotopic (exact) mass is 345 g/mol. The van der Waals surface area contributed by atoms with E-state index in [4.69, 9.17) is 9.47 Å². The lowest BCUT2D eigenvalue weighted by molar-refractivity contribution is -0.149. The molecule has 1 heterocycles. The Bertz CT molecular complexity index is 618. The smallest absolute Gasteiger partial charge is 0.411 e. The van der Waals surface area contributed by atoms with Gasteiger partial charge >= 0.3 is 12.1 Å². The highest BCUT2D eigenvalue weighted by molar-refractivity contribution is 5.82. The number of amides is 1. The molecule has 25 heavy (non-hydrogen) atoms. The number of carbonyl (C=O) groups excluding carboxylic acids is 2. The molecule has 2 aliphatic rings. The van der Waals surface area contributed by atoms with Crippen LogP contribution in [0.4, 0.5) is 4.79 Å². The molecule has 136 valence electrons. The molecule has 0 radical (unpaired) electrons. The fraction of sp³-hybridized carbons (Fsp3) is 0.600. The summed E-state index contributed by atoms with van der Waals surface area (Å²) in [6.07, 6.45) is 3.13. The molecule has 1 aromatic carbocycles. The fourth-order valence-corrected chi connectivity index (χ4v) is 3.19. The minimum atomic E-state index is -0.608. The first-order chi connectivity index (χ1) is 11.8. The highest BCUT2D eigenvalue weighted by Crippen LogP contribution is 2.38. The first-order valence-electron chi connectivity index (χ1n) is 9.08. The van der Waals surface area contributed by atoms with Crippen LogP contribution in [0.25, 0.3) is 0 Å². The number of hydrogen-bond donors (Lipinski definition) is 0. The van der Waals surface area contributed by atoms with Crippen molar-refractivity contribution in [3.63, 3.8) is 0 Å². The van der Waals surface area contributed by atoms with E-state index in [1.165, 1.54) is 0 Å². The van der Waals surface area contributed by atoms with Crippen LogP contribution in [0.15, 0.2) is 30.3 Å². The van der Waals surface area contributed by atoms with E-state index in [9.17, 15) is 9.59 Å². The summed E-state index contributed by atoms with van der Waals surface area (Å²) in [6.45, 7) is 5.96. The van der Waals surface area contributed by atoms with Gasteiger partial charge in [-0.2, -0.15) is 0 Å². The maximum Gasteiger partial charge on any atom is 0.411 e. The number of likely N-dealkylation sites (tertiary alicyclic amines) is 1. The van der Waals surface area contributed by atoms with Crippen molar-refractivity contribution in [1.29, 1.82) is 0 Å². The van der Waals surface area contributed by atoms with E-state index in [-0.39, 0.29) is 12.0 Å². The first-order valence-corrected chi connectivity index (χ1v) is 9.08. The third-order valence-electron chi connectivity index (χ3n) is 4.60. The van der Waals surface area contributed by atoms with Crippen LogP contribution in [0, 0.1) is 5.92 Å². The van der Waals surface area contributed by atoms with Gasteiger partial charge in [0.15, 0.2) is 0 Å². The predicted molar refractivity (Wildman–Crippen MR) is 94.0 cm³/mol. The molecule has 1 aliphatic heterocycles. The Morgan fingerprint density at radius 2 is 1.76 bits per heavy atom. The third-order valence-corrected chi connectivity index (χ3v) is 4.60. The van der Waals surface area contributed by atoms with Crippen molar-refractivity contribution in [3.05, 3.63) is 35.9 Å². The average molecular weight is 345 g/mol. The number of ether oxygens (including phenoxy) is 2. The molecule has 0 N–H and O–H groups in total. The quantitative estimate of drug-likeness (QED) is 0.772. The highest BCUT2D eigenvalue weighted by atomic mass is 16.6. The van der Waals surface area contributed by atoms with Crippen molar-refractivity contribution in [3.8, 4) is 0 Å². The zero-order valence-electron chi connectivity index (χ0n) is 15.2. The summed E-state index contributed by atoms with van der Waals surface area (Å²) in [5.74, 6) is 0.196. The molecule has 0 aromatic heterocycles. The van der Waals surface area contributed by atoms with Crippen LogP contribution in [0.2, 0.25) is 0 Å². The number of nitrogens with zero attached hydrogens (tertiary/aromatic N) is 1. The molecule has 5 nitrogen and oxygen atoms in total. The number of benzene rings is 1. The first kappa shape index (κ1) is 17.8. The molecule has 0 bridgehead atoms. The van der Waals surface area contributed by atoms with E-state index in [1.807, 2.05) is 51.1 Å². The van der Waals surface area contributed by atoms with Crippen LogP contribution in [0.1, 0.15) is 58.1 Å². The molecule has 5 heteroatoms. The number of hydrogen-bond acceptors (Lipinski definition) is 4. The summed E-state index contributed by atoms with van der Waals surface area (Å²) in [5, 5.41) is 0. The van der Waals surface area contributed by atoms with Crippen molar-refractivity contribution in [2.75, 3.05) is 6.61 Å². The normalized spacial score (nSPS) is 23.4. The van der Waals surface area contributed by atoms with Crippen molar-refractivity contribution in [2.45, 2.75) is 64.1 Å². The molecule has 2 fully saturated rings. The SMILES string of the molecule is CC(C)(C)OC(=O)N1C(C(=O)OCC2CC2)CCC1c1ccccc1. The molecule has 1 aliphatic carbocycles. The molecule has 2 unspecified atom stereocenters. The fourth-order valence-electron chi connectivity index (χ4n) is 3.19. The Hall–Kier alpha value is -2.04. The summed E-state index contributed by atoms with van der Waals surface area (Å²) in [7, 11) is 0. The van der Waals surface area contributed by atoms with Gasteiger partial charge in [0.25, 0.3) is 0 Å². The zero-order chi connectivity index (χ0) is 18.0. The Morgan fingerprint density at radius 3 is 2.36 bits per heavy atom. The maximum atomic E-state index is 12.8. The molecule has 3 rings (SSSR count). The van der Waals surface area contributed by atoms with Gasteiger partial charge in [0.1, 0.15) is 11.6 Å². The van der Waals surface area contributed by atoms with Crippen molar-refractivity contribution in [2.24, 2.45) is 5.92 Å². The summed E-state index contributed by atoms with van der Waals surface area (Å²) < 4.78 is 11.0. The van der Waals surface area contributed by atoms with E-state index < -0.39 is 17.7 Å². The Balaban J connectivity index is 1.78. The van der Waals surface area contributed by atoms with Gasteiger partial charge in [0, 0.05) is 0 Å². The van der Waals surface area contributed by atoms with Crippen molar-refractivity contribution in [1.82, 2.24) is 4.90 Å². The molecule has 1 aromatic rings. The van der Waals surface area contributed by atoms with Gasteiger partial charge in [-0.05, 0) is 57.9 Å². The second-order valence-electron chi connectivity index (χ2n) is 7.98. The van der Waals surface area contributed by atoms with Gasteiger partial charge in [-0.1, -0.05) is 30.3 Å². The second-order valence-corrected chi connectivity index (χ2v) is 7.98. The van der Waals surface area contributed by atoms with E-state index in [1.54, 1.807) is 4.90 Å². The highest BCUT2D eigenvalue weighted by Gasteiger charge is 2.44. The Kier molecular flexibility index (Phi) is 5.02. The van der Waals surface area contributed by atoms with Crippen LogP contribution >= 0.6 is 0 Å². The minimum absolute atomic E-state index is 0.158. The summed E-state index contributed by atoms with van der Waals surface area (Å²) in [5.41, 5.74) is 0.412. The van der Waals surface area contributed by atoms with E-state index >= 15 is 0 Å². The van der Waals surface area contributed by atoms with Gasteiger partial charge in [-0.15, -0.1) is 0 Å². The lowest BCUT2D eigenvalue weighted by Gasteiger charge is -2.32. The van der Waals surface area contributed by atoms with E-state index in [0.717, 1.165) is 24.8 Å². The van der Waals surface area contributed by atoms with Crippen LogP contribution in [-0.4, -0.2) is 35.2 Å². The van der Waals surface area contributed by atoms with Crippen molar-refractivity contribution >= 4 is 12.1 Å². The summed E-state index contributed by atoms with van der Waals surface area (Å²) >= 11 is 0. The standard InChI is InChI=1S/C20H27NO4/c1-20(2,3)25-19(23)21-16(15-7-5-4-6-8-15)11-12-17(21)18(22)24-13-14-9-10-14/h4-8,14,16-17H,9-13H2,1-3H3. The van der Waals surface area contributed by atoms with Gasteiger partial charge in [0.05, 0.1) is 12.6 Å². The summed E-state index contributed by atoms with van der Waals surface area (Å²) in [4.78, 5) is 26.9. The number of rotatable bonds is 4. The molecule has 1 saturated heterocycles. The van der Waals surface area contributed by atoms with Crippen LogP contribution in [-0.2, 0) is 14.3 Å². The van der Waals surface area contributed by atoms with Gasteiger partial charge in [-0.3, -0.25) is 4.90 Å². The van der Waals surface area contributed by atoms with Gasteiger partial charge in [-0.25, -0.2) is 9.59 Å².